The monoisotopic (exact) mass is 521 g/mol. The van der Waals surface area contributed by atoms with E-state index in [0.29, 0.717) is 39.4 Å². The zero-order valence-electron chi connectivity index (χ0n) is 19.0. The Bertz CT molecular complexity index is 1280. The van der Waals surface area contributed by atoms with E-state index in [0.717, 1.165) is 5.56 Å². The number of methoxy groups -OCH3 is 1. The number of benzene rings is 3. The molecule has 1 atom stereocenters. The summed E-state index contributed by atoms with van der Waals surface area (Å²) in [5.74, 6) is -0.427. The van der Waals surface area contributed by atoms with E-state index in [1.165, 1.54) is 4.90 Å². The summed E-state index contributed by atoms with van der Waals surface area (Å²) < 4.78 is 11.4. The molecule has 34 heavy (non-hydrogen) atoms. The Hall–Kier alpha value is -3.58. The van der Waals surface area contributed by atoms with E-state index < -0.39 is 17.7 Å². The van der Waals surface area contributed by atoms with E-state index in [1.807, 2.05) is 44.2 Å². The van der Waals surface area contributed by atoms with Crippen molar-refractivity contribution in [3.8, 4) is 11.5 Å². The van der Waals surface area contributed by atoms with Crippen molar-refractivity contribution in [3.63, 3.8) is 0 Å². The molecule has 1 aliphatic rings. The van der Waals surface area contributed by atoms with Crippen molar-refractivity contribution in [2.24, 2.45) is 0 Å². The van der Waals surface area contributed by atoms with E-state index >= 15 is 0 Å². The predicted molar refractivity (Wildman–Crippen MR) is 134 cm³/mol. The summed E-state index contributed by atoms with van der Waals surface area (Å²) in [4.78, 5) is 28.1. The fourth-order valence-electron chi connectivity index (χ4n) is 4.11. The van der Waals surface area contributed by atoms with Crippen LogP contribution in [0.15, 0.2) is 76.8 Å². The number of carbonyl (C=O) groups is 2. The summed E-state index contributed by atoms with van der Waals surface area (Å²) in [6, 6.07) is 18.8. The van der Waals surface area contributed by atoms with Crippen LogP contribution >= 0.6 is 15.9 Å². The smallest absolute Gasteiger partial charge is 0.300 e. The van der Waals surface area contributed by atoms with Crippen LogP contribution in [0.5, 0.6) is 11.5 Å². The van der Waals surface area contributed by atoms with Gasteiger partial charge < -0.3 is 14.6 Å². The van der Waals surface area contributed by atoms with E-state index in [-0.39, 0.29) is 11.3 Å². The van der Waals surface area contributed by atoms with Crippen LogP contribution in [0.2, 0.25) is 0 Å². The third kappa shape index (κ3) is 4.19. The van der Waals surface area contributed by atoms with Gasteiger partial charge in [-0.2, -0.15) is 0 Å². The van der Waals surface area contributed by atoms with E-state index in [4.69, 9.17) is 9.47 Å². The lowest BCUT2D eigenvalue weighted by Crippen LogP contribution is -2.30. The van der Waals surface area contributed by atoms with E-state index in [2.05, 4.69) is 15.9 Å². The molecule has 1 heterocycles. The Labute approximate surface area is 206 Å². The summed E-state index contributed by atoms with van der Waals surface area (Å²) in [7, 11) is 1.54. The molecule has 0 aliphatic carbocycles. The number of amides is 1. The number of para-hydroxylation sites is 1. The summed E-state index contributed by atoms with van der Waals surface area (Å²) >= 11 is 3.42. The lowest BCUT2D eigenvalue weighted by atomic mass is 9.95. The first kappa shape index (κ1) is 23.6. The predicted octanol–water partition coefficient (Wildman–Crippen LogP) is 5.79. The summed E-state index contributed by atoms with van der Waals surface area (Å²) in [6.07, 6.45) is 0. The van der Waals surface area contributed by atoms with Gasteiger partial charge in [0.1, 0.15) is 17.3 Å². The molecule has 0 spiro atoms. The Balaban J connectivity index is 1.92. The number of ketones is 1. The maximum Gasteiger partial charge on any atom is 0.300 e. The number of hydrogen-bond donors (Lipinski definition) is 1. The number of ether oxygens (including phenoxy) is 2. The van der Waals surface area contributed by atoms with E-state index in [9.17, 15) is 14.7 Å². The van der Waals surface area contributed by atoms with Crippen molar-refractivity contribution in [2.75, 3.05) is 18.6 Å². The van der Waals surface area contributed by atoms with Crippen LogP contribution in [0.3, 0.4) is 0 Å². The maximum absolute atomic E-state index is 13.3. The van der Waals surface area contributed by atoms with Crippen molar-refractivity contribution in [2.45, 2.75) is 19.9 Å². The molecular formula is C27H24BrNO5. The average Bonchev–Trinajstić information content (AvgIpc) is 3.10. The largest absolute Gasteiger partial charge is 0.507 e. The highest BCUT2D eigenvalue weighted by Crippen LogP contribution is 2.43. The van der Waals surface area contributed by atoms with Gasteiger partial charge in [-0.05, 0) is 77.3 Å². The molecule has 0 radical (unpaired) electrons. The molecule has 0 aromatic heterocycles. The number of Topliss-reactive ketones (excluding diaryl/α,β-unsaturated/α-hetero) is 1. The maximum atomic E-state index is 13.3. The van der Waals surface area contributed by atoms with Crippen LogP contribution in [0.1, 0.15) is 29.7 Å². The lowest BCUT2D eigenvalue weighted by molar-refractivity contribution is -0.132. The van der Waals surface area contributed by atoms with Crippen LogP contribution in [-0.4, -0.2) is 30.5 Å². The van der Waals surface area contributed by atoms with Crippen molar-refractivity contribution in [1.82, 2.24) is 0 Å². The Morgan fingerprint density at radius 3 is 2.38 bits per heavy atom. The van der Waals surface area contributed by atoms with Crippen LogP contribution in [-0.2, 0) is 9.59 Å². The first-order valence-corrected chi connectivity index (χ1v) is 11.6. The standard InChI is InChI=1S/C27H24BrNO5/c1-4-34-19-12-9-17(10-13-19)24-23(25(30)18-11-14-22(33-3)20(28)15-18)26(31)27(32)29(24)21-8-6-5-7-16(21)2/h5-15,24,30H,4H2,1-3H3/b25-23-. The molecule has 0 bridgehead atoms. The number of aryl methyl sites for hydroxylation is 1. The molecule has 0 saturated carbocycles. The molecule has 3 aromatic carbocycles. The zero-order valence-corrected chi connectivity index (χ0v) is 20.6. The molecule has 6 nitrogen and oxygen atoms in total. The van der Waals surface area contributed by atoms with Crippen molar-refractivity contribution in [1.29, 1.82) is 0 Å². The number of halogens is 1. The topological polar surface area (TPSA) is 76.1 Å². The highest BCUT2D eigenvalue weighted by molar-refractivity contribution is 9.10. The average molecular weight is 522 g/mol. The highest BCUT2D eigenvalue weighted by atomic mass is 79.9. The summed E-state index contributed by atoms with van der Waals surface area (Å²) in [5, 5.41) is 11.3. The zero-order chi connectivity index (χ0) is 24.4. The van der Waals surface area contributed by atoms with Gasteiger partial charge in [-0.15, -0.1) is 0 Å². The van der Waals surface area contributed by atoms with Crippen molar-refractivity contribution >= 4 is 39.1 Å². The van der Waals surface area contributed by atoms with Crippen molar-refractivity contribution < 1.29 is 24.2 Å². The third-order valence-electron chi connectivity index (χ3n) is 5.75. The number of anilines is 1. The minimum atomic E-state index is -0.808. The Kier molecular flexibility index (Phi) is 6.75. The van der Waals surface area contributed by atoms with Gasteiger partial charge in [0.2, 0.25) is 0 Å². The number of aliphatic hydroxyl groups is 1. The fraction of sp³-hybridized carbons (Fsp3) is 0.185. The summed E-state index contributed by atoms with van der Waals surface area (Å²) in [6.45, 7) is 4.30. The Morgan fingerprint density at radius 2 is 1.76 bits per heavy atom. The Morgan fingerprint density at radius 1 is 1.06 bits per heavy atom. The van der Waals surface area contributed by atoms with Gasteiger partial charge in [-0.25, -0.2) is 0 Å². The van der Waals surface area contributed by atoms with Crippen LogP contribution in [0.25, 0.3) is 5.76 Å². The molecule has 7 heteroatoms. The molecule has 1 N–H and O–H groups in total. The molecule has 3 aromatic rings. The molecule has 1 fully saturated rings. The van der Waals surface area contributed by atoms with Gasteiger partial charge in [0.25, 0.3) is 11.7 Å². The van der Waals surface area contributed by atoms with Gasteiger partial charge in [0.15, 0.2) is 0 Å². The molecule has 1 aliphatic heterocycles. The van der Waals surface area contributed by atoms with E-state index in [1.54, 1.807) is 43.5 Å². The first-order chi connectivity index (χ1) is 16.4. The highest BCUT2D eigenvalue weighted by Gasteiger charge is 2.47. The molecular weight excluding hydrogens is 498 g/mol. The van der Waals surface area contributed by atoms with Crippen LogP contribution in [0.4, 0.5) is 5.69 Å². The minimum absolute atomic E-state index is 0.0227. The molecule has 1 amide bonds. The van der Waals surface area contributed by atoms with Crippen LogP contribution < -0.4 is 14.4 Å². The number of nitrogens with zero attached hydrogens (tertiary/aromatic N) is 1. The van der Waals surface area contributed by atoms with Gasteiger partial charge in [-0.3, -0.25) is 14.5 Å². The third-order valence-corrected chi connectivity index (χ3v) is 6.37. The second-order valence-electron chi connectivity index (χ2n) is 7.81. The number of rotatable bonds is 6. The van der Waals surface area contributed by atoms with Gasteiger partial charge in [0.05, 0.1) is 29.8 Å². The number of carbonyl (C=O) groups excluding carboxylic acids is 2. The normalized spacial score (nSPS) is 17.2. The van der Waals surface area contributed by atoms with Crippen LogP contribution in [0, 0.1) is 6.92 Å². The summed E-state index contributed by atoms with van der Waals surface area (Å²) in [5.41, 5.74) is 2.55. The first-order valence-electron chi connectivity index (χ1n) is 10.8. The molecule has 174 valence electrons. The molecule has 4 rings (SSSR count). The van der Waals surface area contributed by atoms with Gasteiger partial charge in [0, 0.05) is 11.3 Å². The lowest BCUT2D eigenvalue weighted by Gasteiger charge is -2.27. The second kappa shape index (κ2) is 9.73. The SMILES string of the molecule is CCOc1ccc(C2/C(=C(/O)c3ccc(OC)c(Br)c3)C(=O)C(=O)N2c2ccccc2C)cc1. The van der Waals surface area contributed by atoms with Crippen molar-refractivity contribution in [3.05, 3.63) is 93.5 Å². The molecule has 1 unspecified atom stereocenters. The fourth-order valence-corrected chi connectivity index (χ4v) is 4.65. The minimum Gasteiger partial charge on any atom is -0.507 e. The quantitative estimate of drug-likeness (QED) is 0.252. The molecule has 1 saturated heterocycles. The number of aliphatic hydroxyl groups excluding tert-OH is 1. The number of hydrogen-bond acceptors (Lipinski definition) is 5. The second-order valence-corrected chi connectivity index (χ2v) is 8.66. The van der Waals surface area contributed by atoms with Gasteiger partial charge >= 0.3 is 0 Å². The van der Waals surface area contributed by atoms with Gasteiger partial charge in [-0.1, -0.05) is 30.3 Å².